The quantitative estimate of drug-likeness (QED) is 0.0719. The minimum atomic E-state index is -0.473. The fourth-order valence-electron chi connectivity index (χ4n) is 4.10. The number of carbonyl (C=O) groups excluding carboxylic acids is 1. The monoisotopic (exact) mass is 757 g/mol. The van der Waals surface area contributed by atoms with Crippen LogP contribution in [0, 0.1) is 0 Å². The van der Waals surface area contributed by atoms with Crippen molar-refractivity contribution in [2.24, 2.45) is 0 Å². The van der Waals surface area contributed by atoms with Gasteiger partial charge in [-0.3, -0.25) is 4.79 Å². The third-order valence-corrected chi connectivity index (χ3v) is 6.73. The number of carbonyl (C=O) groups is 1. The fourth-order valence-corrected chi connectivity index (χ4v) is 4.10. The van der Waals surface area contributed by atoms with E-state index in [0.717, 1.165) is 52.2 Å². The molecule has 0 heterocycles. The van der Waals surface area contributed by atoms with Gasteiger partial charge < -0.3 is 67.1 Å². The Kier molecular flexibility index (Phi) is 40.3. The summed E-state index contributed by atoms with van der Waals surface area (Å²) in [5.41, 5.74) is -0.473. The van der Waals surface area contributed by atoms with Gasteiger partial charge in [0.15, 0.2) is 0 Å². The lowest BCUT2D eigenvalue weighted by Crippen LogP contribution is -2.26. The standard InChI is InChI=1S/C37H76N2O13/c1-6-10-38-11-7-14-41-15-8-12-39(5)13-17-43-19-21-45-23-25-47-27-29-49-31-33-51-35-34-50-32-30-48-28-26-46-24-22-44-20-18-42-16-9-36(40)52-37(2,3)4/h38H,6-35H2,1-5H3. The molecule has 52 heavy (non-hydrogen) atoms. The van der Waals surface area contributed by atoms with Crippen LogP contribution in [0.4, 0.5) is 0 Å². The molecule has 15 heteroatoms. The highest BCUT2D eigenvalue weighted by Gasteiger charge is 2.15. The molecule has 0 aliphatic rings. The molecule has 0 rings (SSSR count). The first-order valence-corrected chi connectivity index (χ1v) is 19.3. The normalized spacial score (nSPS) is 12.0. The molecule has 0 unspecified atom stereocenters. The molecule has 0 aliphatic heterocycles. The fraction of sp³-hybridized carbons (Fsp3) is 0.973. The second-order valence-corrected chi connectivity index (χ2v) is 12.8. The van der Waals surface area contributed by atoms with E-state index in [-0.39, 0.29) is 12.4 Å². The summed E-state index contributed by atoms with van der Waals surface area (Å²) in [6.07, 6.45) is 3.51. The average molecular weight is 757 g/mol. The van der Waals surface area contributed by atoms with Gasteiger partial charge in [0.25, 0.3) is 0 Å². The number of esters is 1. The number of ether oxygens (including phenoxy) is 12. The Morgan fingerprint density at radius 1 is 0.462 bits per heavy atom. The molecule has 0 radical (unpaired) electrons. The molecule has 0 fully saturated rings. The molecule has 0 spiro atoms. The number of rotatable bonds is 43. The van der Waals surface area contributed by atoms with Crippen LogP contribution in [0.15, 0.2) is 0 Å². The van der Waals surface area contributed by atoms with Gasteiger partial charge in [-0.05, 0) is 60.2 Å². The van der Waals surface area contributed by atoms with E-state index in [1.54, 1.807) is 0 Å². The third-order valence-electron chi connectivity index (χ3n) is 6.73. The lowest BCUT2D eigenvalue weighted by molar-refractivity contribution is -0.156. The van der Waals surface area contributed by atoms with Crippen LogP contribution in [0.3, 0.4) is 0 Å². The van der Waals surface area contributed by atoms with E-state index in [1.807, 2.05) is 20.8 Å². The lowest BCUT2D eigenvalue weighted by Gasteiger charge is -2.19. The number of nitrogens with zero attached hydrogens (tertiary/aromatic N) is 1. The number of hydrogen-bond acceptors (Lipinski definition) is 15. The van der Waals surface area contributed by atoms with Crippen molar-refractivity contribution >= 4 is 5.97 Å². The predicted molar refractivity (Wildman–Crippen MR) is 199 cm³/mol. The Morgan fingerprint density at radius 3 is 1.19 bits per heavy atom. The van der Waals surface area contributed by atoms with Crippen molar-refractivity contribution in [3.8, 4) is 0 Å². The van der Waals surface area contributed by atoms with Gasteiger partial charge in [0.2, 0.25) is 0 Å². The van der Waals surface area contributed by atoms with E-state index in [1.165, 1.54) is 6.42 Å². The molecule has 0 saturated heterocycles. The lowest BCUT2D eigenvalue weighted by atomic mass is 10.2. The van der Waals surface area contributed by atoms with Crippen molar-refractivity contribution in [2.45, 2.75) is 59.0 Å². The second kappa shape index (κ2) is 41.1. The van der Waals surface area contributed by atoms with Gasteiger partial charge in [0, 0.05) is 26.3 Å². The maximum atomic E-state index is 11.6. The summed E-state index contributed by atoms with van der Waals surface area (Å²) in [5, 5.41) is 3.38. The Labute approximate surface area is 315 Å². The molecule has 15 nitrogen and oxygen atoms in total. The SMILES string of the molecule is CCCNCCCOCCCN(C)CCOCCOCCOCCOCCOCCOCCOCCOCCOCCOCCC(=O)OC(C)(C)C. The van der Waals surface area contributed by atoms with Crippen LogP contribution >= 0.6 is 0 Å². The van der Waals surface area contributed by atoms with Gasteiger partial charge in [-0.1, -0.05) is 6.92 Å². The maximum absolute atomic E-state index is 11.6. The molecule has 0 aromatic rings. The van der Waals surface area contributed by atoms with Gasteiger partial charge in [-0.15, -0.1) is 0 Å². The largest absolute Gasteiger partial charge is 0.460 e. The molecule has 0 saturated carbocycles. The third kappa shape index (κ3) is 45.1. The molecular weight excluding hydrogens is 680 g/mol. The first-order valence-electron chi connectivity index (χ1n) is 19.3. The molecule has 0 amide bonds. The zero-order chi connectivity index (χ0) is 38.1. The van der Waals surface area contributed by atoms with Gasteiger partial charge >= 0.3 is 5.97 Å². The number of hydrogen-bond donors (Lipinski definition) is 1. The molecule has 0 bridgehead atoms. The summed E-state index contributed by atoms with van der Waals surface area (Å²) in [4.78, 5) is 13.8. The maximum Gasteiger partial charge on any atom is 0.308 e. The van der Waals surface area contributed by atoms with Crippen molar-refractivity contribution in [1.82, 2.24) is 10.2 Å². The van der Waals surface area contributed by atoms with E-state index >= 15 is 0 Å². The molecule has 312 valence electrons. The van der Waals surface area contributed by atoms with Crippen LogP contribution in [-0.4, -0.2) is 195 Å². The van der Waals surface area contributed by atoms with Crippen LogP contribution in [0.5, 0.6) is 0 Å². The van der Waals surface area contributed by atoms with Crippen LogP contribution in [-0.2, 0) is 61.6 Å². The number of likely N-dealkylation sites (N-methyl/N-ethyl adjacent to an activating group) is 1. The molecule has 0 aliphatic carbocycles. The highest BCUT2D eigenvalue weighted by atomic mass is 16.6. The smallest absolute Gasteiger partial charge is 0.308 e. The predicted octanol–water partition coefficient (Wildman–Crippen LogP) is 2.61. The first-order chi connectivity index (χ1) is 25.3. The van der Waals surface area contributed by atoms with Crippen LogP contribution in [0.25, 0.3) is 0 Å². The van der Waals surface area contributed by atoms with Crippen molar-refractivity contribution in [2.75, 3.05) is 179 Å². The number of nitrogens with one attached hydrogen (secondary N) is 1. The van der Waals surface area contributed by atoms with E-state index in [2.05, 4.69) is 24.2 Å². The average Bonchev–Trinajstić information content (AvgIpc) is 3.10. The Morgan fingerprint density at radius 2 is 0.808 bits per heavy atom. The van der Waals surface area contributed by atoms with Crippen LogP contribution in [0.2, 0.25) is 0 Å². The van der Waals surface area contributed by atoms with Crippen LogP contribution in [0.1, 0.15) is 53.4 Å². The molecule has 0 aromatic heterocycles. The zero-order valence-electron chi connectivity index (χ0n) is 33.5. The first kappa shape index (κ1) is 51.0. The van der Waals surface area contributed by atoms with Gasteiger partial charge in [0.05, 0.1) is 139 Å². The molecule has 1 N–H and O–H groups in total. The van der Waals surface area contributed by atoms with E-state index < -0.39 is 5.60 Å². The topological polar surface area (TPSA) is 143 Å². The summed E-state index contributed by atoms with van der Waals surface area (Å²) in [5.74, 6) is -0.263. The summed E-state index contributed by atoms with van der Waals surface area (Å²) in [6, 6.07) is 0. The molecule has 0 atom stereocenters. The minimum absolute atomic E-state index is 0.233. The highest BCUT2D eigenvalue weighted by Crippen LogP contribution is 2.08. The molecule has 0 aromatic carbocycles. The Bertz CT molecular complexity index is 720. The van der Waals surface area contributed by atoms with Gasteiger partial charge in [-0.2, -0.15) is 0 Å². The summed E-state index contributed by atoms with van der Waals surface area (Å²) >= 11 is 0. The van der Waals surface area contributed by atoms with Crippen LogP contribution < -0.4 is 5.32 Å². The Balaban J connectivity index is 3.14. The van der Waals surface area contributed by atoms with E-state index in [9.17, 15) is 4.79 Å². The summed E-state index contributed by atoms with van der Waals surface area (Å²) in [6.45, 7) is 23.4. The summed E-state index contributed by atoms with van der Waals surface area (Å²) in [7, 11) is 2.11. The Hall–Kier alpha value is -1.05. The summed E-state index contributed by atoms with van der Waals surface area (Å²) < 4.78 is 65.9. The van der Waals surface area contributed by atoms with Gasteiger partial charge in [0.1, 0.15) is 5.60 Å². The zero-order valence-corrected chi connectivity index (χ0v) is 33.5. The second-order valence-electron chi connectivity index (χ2n) is 12.8. The highest BCUT2D eigenvalue weighted by molar-refractivity contribution is 5.69. The van der Waals surface area contributed by atoms with Crippen molar-refractivity contribution in [3.05, 3.63) is 0 Å². The van der Waals surface area contributed by atoms with Crippen molar-refractivity contribution in [3.63, 3.8) is 0 Å². The molecular formula is C37H76N2O13. The minimum Gasteiger partial charge on any atom is -0.460 e. The van der Waals surface area contributed by atoms with Crippen molar-refractivity contribution in [1.29, 1.82) is 0 Å². The van der Waals surface area contributed by atoms with E-state index in [4.69, 9.17) is 56.8 Å². The van der Waals surface area contributed by atoms with E-state index in [0.29, 0.717) is 132 Å². The van der Waals surface area contributed by atoms with Gasteiger partial charge in [-0.25, -0.2) is 0 Å². The van der Waals surface area contributed by atoms with Crippen molar-refractivity contribution < 1.29 is 61.6 Å².